The third-order valence-electron chi connectivity index (χ3n) is 3.43. The molecule has 22 heavy (non-hydrogen) atoms. The van der Waals surface area contributed by atoms with Crippen molar-refractivity contribution in [3.63, 3.8) is 0 Å². The predicted molar refractivity (Wildman–Crippen MR) is 88.4 cm³/mol. The van der Waals surface area contributed by atoms with Gasteiger partial charge in [-0.3, -0.25) is 0 Å². The fourth-order valence-electron chi connectivity index (χ4n) is 2.13. The first-order chi connectivity index (χ1) is 10.6. The Kier molecular flexibility index (Phi) is 5.63. The summed E-state index contributed by atoms with van der Waals surface area (Å²) < 4.78 is 4.82. The van der Waals surface area contributed by atoms with Gasteiger partial charge in [0.1, 0.15) is 0 Å². The Balaban J connectivity index is 2.37. The van der Waals surface area contributed by atoms with Crippen LogP contribution in [0.2, 0.25) is 0 Å². The first-order valence-corrected chi connectivity index (χ1v) is 7.97. The van der Waals surface area contributed by atoms with Crippen LogP contribution in [0.25, 0.3) is 0 Å². The summed E-state index contributed by atoms with van der Waals surface area (Å²) >= 11 is 1.47. The van der Waals surface area contributed by atoms with E-state index >= 15 is 0 Å². The molecule has 0 bridgehead atoms. The molecule has 0 aromatic heterocycles. The molecule has 0 radical (unpaired) electrons. The van der Waals surface area contributed by atoms with Crippen molar-refractivity contribution in [2.45, 2.75) is 36.2 Å². The molecule has 0 heterocycles. The number of aliphatic hydroxyl groups is 1. The van der Waals surface area contributed by atoms with Gasteiger partial charge in [0.25, 0.3) is 0 Å². The van der Waals surface area contributed by atoms with Crippen molar-refractivity contribution < 1.29 is 14.6 Å². The third-order valence-corrected chi connectivity index (χ3v) is 4.63. The molecule has 4 heteroatoms. The highest BCUT2D eigenvalue weighted by molar-refractivity contribution is 7.99. The van der Waals surface area contributed by atoms with Crippen molar-refractivity contribution in [1.29, 1.82) is 0 Å². The van der Waals surface area contributed by atoms with Crippen LogP contribution in [0.5, 0.6) is 0 Å². The molecule has 3 nitrogen and oxygen atoms in total. The van der Waals surface area contributed by atoms with Gasteiger partial charge in [-0.05, 0) is 35.2 Å². The number of esters is 1. The molecule has 2 aromatic rings. The van der Waals surface area contributed by atoms with Crippen LogP contribution in [0.4, 0.5) is 0 Å². The Hall–Kier alpha value is -1.78. The summed E-state index contributed by atoms with van der Waals surface area (Å²) in [7, 11) is 1.38. The number of hydrogen-bond donors (Lipinski definition) is 1. The van der Waals surface area contributed by atoms with Gasteiger partial charge in [0, 0.05) is 9.79 Å². The maximum absolute atomic E-state index is 11.8. The molecule has 0 spiro atoms. The smallest absolute Gasteiger partial charge is 0.339 e. The van der Waals surface area contributed by atoms with Gasteiger partial charge in [-0.1, -0.05) is 49.9 Å². The second-order valence-electron chi connectivity index (χ2n) is 5.27. The van der Waals surface area contributed by atoms with Crippen molar-refractivity contribution in [2.75, 3.05) is 7.11 Å². The second kappa shape index (κ2) is 7.47. The molecule has 0 fully saturated rings. The quantitative estimate of drug-likeness (QED) is 0.838. The van der Waals surface area contributed by atoms with Crippen LogP contribution in [-0.4, -0.2) is 18.2 Å². The molecule has 0 unspecified atom stereocenters. The zero-order valence-corrected chi connectivity index (χ0v) is 13.8. The zero-order chi connectivity index (χ0) is 16.1. The monoisotopic (exact) mass is 316 g/mol. The molecule has 1 N–H and O–H groups in total. The van der Waals surface area contributed by atoms with Gasteiger partial charge in [0.05, 0.1) is 19.3 Å². The summed E-state index contributed by atoms with van der Waals surface area (Å²) in [6.45, 7) is 4.22. The number of hydrogen-bond acceptors (Lipinski definition) is 4. The highest BCUT2D eigenvalue weighted by Gasteiger charge is 2.14. The Bertz CT molecular complexity index is 665. The molecule has 0 amide bonds. The molecule has 0 aliphatic heterocycles. The third kappa shape index (κ3) is 3.70. The fourth-order valence-corrected chi connectivity index (χ4v) is 3.17. The lowest BCUT2D eigenvalue weighted by Crippen LogP contribution is -2.03. The summed E-state index contributed by atoms with van der Waals surface area (Å²) in [5.74, 6) is 0.0548. The minimum Gasteiger partial charge on any atom is -0.465 e. The van der Waals surface area contributed by atoms with E-state index in [0.717, 1.165) is 15.4 Å². The van der Waals surface area contributed by atoms with E-state index in [1.54, 1.807) is 6.07 Å². The van der Waals surface area contributed by atoms with E-state index < -0.39 is 0 Å². The molecular weight excluding hydrogens is 296 g/mol. The molecule has 116 valence electrons. The largest absolute Gasteiger partial charge is 0.465 e. The van der Waals surface area contributed by atoms with E-state index in [0.29, 0.717) is 11.5 Å². The summed E-state index contributed by atoms with van der Waals surface area (Å²) in [5, 5.41) is 9.62. The van der Waals surface area contributed by atoms with E-state index in [-0.39, 0.29) is 12.6 Å². The minimum absolute atomic E-state index is 0.0245. The van der Waals surface area contributed by atoms with Crippen molar-refractivity contribution in [2.24, 2.45) is 0 Å². The van der Waals surface area contributed by atoms with Crippen LogP contribution in [0.3, 0.4) is 0 Å². The molecule has 0 aliphatic carbocycles. The Morgan fingerprint density at radius 1 is 1.18 bits per heavy atom. The molecule has 2 aromatic carbocycles. The molecular formula is C18H20O3S. The highest BCUT2D eigenvalue weighted by Crippen LogP contribution is 2.34. The van der Waals surface area contributed by atoms with Gasteiger partial charge >= 0.3 is 5.97 Å². The maximum atomic E-state index is 11.8. The Morgan fingerprint density at radius 2 is 1.91 bits per heavy atom. The van der Waals surface area contributed by atoms with Gasteiger partial charge in [-0.25, -0.2) is 4.79 Å². The van der Waals surface area contributed by atoms with E-state index in [9.17, 15) is 9.90 Å². The lowest BCUT2D eigenvalue weighted by atomic mass is 10.0. The van der Waals surface area contributed by atoms with Crippen molar-refractivity contribution in [3.05, 3.63) is 59.2 Å². The molecule has 0 saturated carbocycles. The zero-order valence-electron chi connectivity index (χ0n) is 13.0. The molecule has 2 rings (SSSR count). The summed E-state index contributed by atoms with van der Waals surface area (Å²) in [6, 6.07) is 13.4. The lowest BCUT2D eigenvalue weighted by Gasteiger charge is -2.13. The van der Waals surface area contributed by atoms with Crippen molar-refractivity contribution in [3.8, 4) is 0 Å². The van der Waals surface area contributed by atoms with Gasteiger partial charge < -0.3 is 9.84 Å². The number of aliphatic hydroxyl groups excluding tert-OH is 1. The van der Waals surface area contributed by atoms with E-state index in [2.05, 4.69) is 19.9 Å². The van der Waals surface area contributed by atoms with Crippen LogP contribution in [0.1, 0.15) is 41.3 Å². The van der Waals surface area contributed by atoms with Crippen LogP contribution in [0, 0.1) is 0 Å². The van der Waals surface area contributed by atoms with Crippen LogP contribution in [-0.2, 0) is 11.3 Å². The van der Waals surface area contributed by atoms with Gasteiger partial charge in [0.2, 0.25) is 0 Å². The standard InChI is InChI=1S/C18H20O3S/c1-12(2)13-8-9-16(14(10-13)11-19)22-17-7-5-4-6-15(17)18(20)21-3/h4-10,12,19H,11H2,1-3H3. The van der Waals surface area contributed by atoms with E-state index in [1.165, 1.54) is 24.4 Å². The fraction of sp³-hybridized carbons (Fsp3) is 0.278. The topological polar surface area (TPSA) is 46.5 Å². The average molecular weight is 316 g/mol. The molecule has 0 aliphatic rings. The number of ether oxygens (including phenoxy) is 1. The Labute approximate surface area is 135 Å². The summed E-state index contributed by atoms with van der Waals surface area (Å²) in [6.07, 6.45) is 0. The number of carbonyl (C=O) groups is 1. The highest BCUT2D eigenvalue weighted by atomic mass is 32.2. The van der Waals surface area contributed by atoms with Gasteiger partial charge in [-0.15, -0.1) is 0 Å². The average Bonchev–Trinajstić information content (AvgIpc) is 2.54. The van der Waals surface area contributed by atoms with Gasteiger partial charge in [-0.2, -0.15) is 0 Å². The lowest BCUT2D eigenvalue weighted by molar-refractivity contribution is 0.0597. The van der Waals surface area contributed by atoms with Crippen LogP contribution < -0.4 is 0 Å². The number of rotatable bonds is 5. The first-order valence-electron chi connectivity index (χ1n) is 7.15. The normalized spacial score (nSPS) is 10.8. The minimum atomic E-state index is -0.354. The predicted octanol–water partition coefficient (Wildman–Crippen LogP) is 4.24. The van der Waals surface area contributed by atoms with Crippen LogP contribution >= 0.6 is 11.8 Å². The molecule has 0 atom stereocenters. The summed E-state index contributed by atoms with van der Waals surface area (Å²) in [4.78, 5) is 13.6. The van der Waals surface area contributed by atoms with Gasteiger partial charge in [0.15, 0.2) is 0 Å². The molecule has 0 saturated heterocycles. The number of methoxy groups -OCH3 is 1. The maximum Gasteiger partial charge on any atom is 0.339 e. The first kappa shape index (κ1) is 16.6. The number of carbonyl (C=O) groups excluding carboxylic acids is 1. The SMILES string of the molecule is COC(=O)c1ccccc1Sc1ccc(C(C)C)cc1CO. The van der Waals surface area contributed by atoms with Crippen molar-refractivity contribution in [1.82, 2.24) is 0 Å². The van der Waals surface area contributed by atoms with E-state index in [1.807, 2.05) is 30.3 Å². The van der Waals surface area contributed by atoms with Crippen molar-refractivity contribution >= 4 is 17.7 Å². The Morgan fingerprint density at radius 3 is 2.55 bits per heavy atom. The van der Waals surface area contributed by atoms with Crippen LogP contribution in [0.15, 0.2) is 52.3 Å². The summed E-state index contributed by atoms with van der Waals surface area (Å²) in [5.41, 5.74) is 2.59. The second-order valence-corrected chi connectivity index (χ2v) is 6.35. The van der Waals surface area contributed by atoms with E-state index in [4.69, 9.17) is 4.74 Å². The number of benzene rings is 2.